The number of thioether (sulfide) groups is 1. The number of carbonyl (C=O) groups is 2. The lowest BCUT2D eigenvalue weighted by atomic mass is 10.3. The fraction of sp³-hybridized carbons (Fsp3) is 0.643. The van der Waals surface area contributed by atoms with Crippen molar-refractivity contribution in [3.63, 3.8) is 0 Å². The Morgan fingerprint density at radius 2 is 2.05 bits per heavy atom. The molecule has 0 saturated carbocycles. The van der Waals surface area contributed by atoms with Gasteiger partial charge in [0.2, 0.25) is 5.91 Å². The highest BCUT2D eigenvalue weighted by molar-refractivity contribution is 8.00. The van der Waals surface area contributed by atoms with Crippen molar-refractivity contribution < 1.29 is 9.59 Å². The number of aromatic nitrogens is 2. The summed E-state index contributed by atoms with van der Waals surface area (Å²) in [5.41, 5.74) is 2.11. The second kappa shape index (κ2) is 8.07. The highest BCUT2D eigenvalue weighted by Gasteiger charge is 2.20. The van der Waals surface area contributed by atoms with Crippen molar-refractivity contribution in [1.29, 1.82) is 0 Å². The Labute approximate surface area is 130 Å². The summed E-state index contributed by atoms with van der Waals surface area (Å²) in [5, 5.41) is 5.10. The van der Waals surface area contributed by atoms with Crippen LogP contribution in [0.5, 0.6) is 0 Å². The Morgan fingerprint density at radius 1 is 1.38 bits per heavy atom. The number of aryl methyl sites for hydroxylation is 1. The standard InChI is InChI=1S/C14H24N4O2S/c1-6-7-8-18-10(3)9(2)16-14(18)21-11(4)12(19)17-13(20)15-5/h11H,6-8H2,1-5H3,(H2,15,17,19,20)/t11-/m0/s1. The maximum atomic E-state index is 11.9. The van der Waals surface area contributed by atoms with Crippen LogP contribution in [0.2, 0.25) is 0 Å². The first-order valence-electron chi connectivity index (χ1n) is 7.13. The molecular formula is C14H24N4O2S. The molecule has 0 unspecified atom stereocenters. The van der Waals surface area contributed by atoms with E-state index in [0.717, 1.165) is 35.9 Å². The van der Waals surface area contributed by atoms with Crippen LogP contribution in [0, 0.1) is 13.8 Å². The summed E-state index contributed by atoms with van der Waals surface area (Å²) in [6.07, 6.45) is 2.18. The second-order valence-corrected chi connectivity index (χ2v) is 6.21. The molecular weight excluding hydrogens is 288 g/mol. The molecule has 7 heteroatoms. The predicted octanol–water partition coefficient (Wildman–Crippen LogP) is 2.24. The summed E-state index contributed by atoms with van der Waals surface area (Å²) < 4.78 is 2.15. The van der Waals surface area contributed by atoms with E-state index >= 15 is 0 Å². The van der Waals surface area contributed by atoms with Gasteiger partial charge in [0.1, 0.15) is 0 Å². The third kappa shape index (κ3) is 4.77. The quantitative estimate of drug-likeness (QED) is 0.790. The molecule has 3 amide bonds. The monoisotopic (exact) mass is 312 g/mol. The number of amides is 3. The number of urea groups is 1. The molecule has 21 heavy (non-hydrogen) atoms. The first kappa shape index (κ1) is 17.6. The van der Waals surface area contributed by atoms with E-state index in [1.165, 1.54) is 18.8 Å². The summed E-state index contributed by atoms with van der Waals surface area (Å²) in [4.78, 5) is 27.6. The minimum Gasteiger partial charge on any atom is -0.341 e. The number of nitrogens with zero attached hydrogens (tertiary/aromatic N) is 2. The van der Waals surface area contributed by atoms with Gasteiger partial charge in [0, 0.05) is 19.3 Å². The van der Waals surface area contributed by atoms with Crippen LogP contribution in [0.15, 0.2) is 5.16 Å². The van der Waals surface area contributed by atoms with E-state index in [9.17, 15) is 9.59 Å². The molecule has 1 rings (SSSR count). The zero-order chi connectivity index (χ0) is 16.0. The number of nitrogens with one attached hydrogen (secondary N) is 2. The molecule has 1 atom stereocenters. The molecule has 0 aliphatic rings. The molecule has 2 N–H and O–H groups in total. The first-order chi connectivity index (χ1) is 9.90. The zero-order valence-electron chi connectivity index (χ0n) is 13.3. The number of imide groups is 1. The number of carbonyl (C=O) groups excluding carboxylic acids is 2. The molecule has 0 bridgehead atoms. The Bertz CT molecular complexity index is 513. The molecule has 0 aliphatic carbocycles. The van der Waals surface area contributed by atoms with E-state index < -0.39 is 6.03 Å². The second-order valence-electron chi connectivity index (χ2n) is 4.90. The lowest BCUT2D eigenvalue weighted by Crippen LogP contribution is -2.41. The fourth-order valence-corrected chi connectivity index (χ4v) is 2.81. The topological polar surface area (TPSA) is 76.0 Å². The van der Waals surface area contributed by atoms with E-state index in [0.29, 0.717) is 0 Å². The average molecular weight is 312 g/mol. The Balaban J connectivity index is 2.79. The predicted molar refractivity (Wildman–Crippen MR) is 84.5 cm³/mol. The van der Waals surface area contributed by atoms with Gasteiger partial charge in [-0.2, -0.15) is 0 Å². The molecule has 1 aromatic rings. The molecule has 118 valence electrons. The summed E-state index contributed by atoms with van der Waals surface area (Å²) >= 11 is 1.38. The fourth-order valence-electron chi connectivity index (χ4n) is 1.78. The summed E-state index contributed by atoms with van der Waals surface area (Å²) in [7, 11) is 1.48. The highest BCUT2D eigenvalue weighted by Crippen LogP contribution is 2.25. The molecule has 0 saturated heterocycles. The van der Waals surface area contributed by atoms with Gasteiger partial charge in [-0.05, 0) is 27.2 Å². The van der Waals surface area contributed by atoms with Crippen molar-refractivity contribution in [1.82, 2.24) is 20.2 Å². The van der Waals surface area contributed by atoms with Gasteiger partial charge < -0.3 is 9.88 Å². The van der Waals surface area contributed by atoms with E-state index in [2.05, 4.69) is 27.1 Å². The van der Waals surface area contributed by atoms with Crippen LogP contribution in [0.3, 0.4) is 0 Å². The number of hydrogen-bond donors (Lipinski definition) is 2. The lowest BCUT2D eigenvalue weighted by molar-refractivity contribution is -0.119. The number of imidazole rings is 1. The van der Waals surface area contributed by atoms with Crippen molar-refractivity contribution in [2.24, 2.45) is 0 Å². The first-order valence-corrected chi connectivity index (χ1v) is 8.01. The number of hydrogen-bond acceptors (Lipinski definition) is 4. The van der Waals surface area contributed by atoms with Crippen LogP contribution in [0.4, 0.5) is 4.79 Å². The minimum absolute atomic E-state index is 0.320. The van der Waals surface area contributed by atoms with Gasteiger partial charge in [-0.3, -0.25) is 10.1 Å². The third-order valence-corrected chi connectivity index (χ3v) is 4.36. The normalized spacial score (nSPS) is 12.0. The van der Waals surface area contributed by atoms with Gasteiger partial charge in [0.05, 0.1) is 10.9 Å². The molecule has 6 nitrogen and oxygen atoms in total. The van der Waals surface area contributed by atoms with Crippen LogP contribution in [0.25, 0.3) is 0 Å². The van der Waals surface area contributed by atoms with E-state index in [-0.39, 0.29) is 11.2 Å². The van der Waals surface area contributed by atoms with Gasteiger partial charge in [-0.15, -0.1) is 0 Å². The van der Waals surface area contributed by atoms with Gasteiger partial charge in [0.15, 0.2) is 5.16 Å². The van der Waals surface area contributed by atoms with Crippen LogP contribution in [0.1, 0.15) is 38.1 Å². The molecule has 0 spiro atoms. The van der Waals surface area contributed by atoms with Gasteiger partial charge in [0.25, 0.3) is 0 Å². The van der Waals surface area contributed by atoms with E-state index in [1.54, 1.807) is 6.92 Å². The SMILES string of the molecule is CCCCn1c(S[C@@H](C)C(=O)NC(=O)NC)nc(C)c1C. The van der Waals surface area contributed by atoms with Crippen molar-refractivity contribution in [2.75, 3.05) is 7.05 Å². The largest absolute Gasteiger partial charge is 0.341 e. The van der Waals surface area contributed by atoms with Crippen LogP contribution in [-0.4, -0.2) is 33.8 Å². The maximum absolute atomic E-state index is 11.9. The molecule has 1 heterocycles. The van der Waals surface area contributed by atoms with Crippen LogP contribution >= 0.6 is 11.8 Å². The number of rotatable bonds is 6. The molecule has 0 radical (unpaired) electrons. The van der Waals surface area contributed by atoms with Gasteiger partial charge in [-0.25, -0.2) is 9.78 Å². The van der Waals surface area contributed by atoms with Crippen molar-refractivity contribution in [2.45, 2.75) is 57.5 Å². The van der Waals surface area contributed by atoms with E-state index in [4.69, 9.17) is 0 Å². The smallest absolute Gasteiger partial charge is 0.321 e. The Kier molecular flexibility index (Phi) is 6.74. The molecule has 0 aromatic carbocycles. The minimum atomic E-state index is -0.492. The number of unbranched alkanes of at least 4 members (excludes halogenated alkanes) is 1. The van der Waals surface area contributed by atoms with E-state index in [1.807, 2.05) is 13.8 Å². The average Bonchev–Trinajstić information content (AvgIpc) is 2.71. The lowest BCUT2D eigenvalue weighted by Gasteiger charge is -2.13. The third-order valence-electron chi connectivity index (χ3n) is 3.27. The van der Waals surface area contributed by atoms with Gasteiger partial charge in [-0.1, -0.05) is 25.1 Å². The Morgan fingerprint density at radius 3 is 2.62 bits per heavy atom. The van der Waals surface area contributed by atoms with Crippen molar-refractivity contribution >= 4 is 23.7 Å². The van der Waals surface area contributed by atoms with Crippen LogP contribution < -0.4 is 10.6 Å². The maximum Gasteiger partial charge on any atom is 0.321 e. The van der Waals surface area contributed by atoms with Crippen molar-refractivity contribution in [3.8, 4) is 0 Å². The molecule has 0 aliphatic heterocycles. The molecule has 0 fully saturated rings. The molecule has 1 aromatic heterocycles. The zero-order valence-corrected chi connectivity index (χ0v) is 14.1. The summed E-state index contributed by atoms with van der Waals surface area (Å²) in [6, 6.07) is -0.492. The van der Waals surface area contributed by atoms with Crippen LogP contribution in [-0.2, 0) is 11.3 Å². The summed E-state index contributed by atoms with van der Waals surface area (Å²) in [6.45, 7) is 8.82. The van der Waals surface area contributed by atoms with Crippen molar-refractivity contribution in [3.05, 3.63) is 11.4 Å². The Hall–Kier alpha value is -1.50. The van der Waals surface area contributed by atoms with Gasteiger partial charge >= 0.3 is 6.03 Å². The highest BCUT2D eigenvalue weighted by atomic mass is 32.2. The summed E-state index contributed by atoms with van der Waals surface area (Å²) in [5.74, 6) is -0.320.